The lowest BCUT2D eigenvalue weighted by molar-refractivity contribution is -0.136. The molecule has 0 saturated carbocycles. The number of H-pyrrole nitrogens is 2. The molecule has 394 valence electrons. The third-order valence-corrected chi connectivity index (χ3v) is 15.7. The number of nitrogens with one attached hydrogen (secondary N) is 4. The number of halogens is 2. The highest BCUT2D eigenvalue weighted by Crippen LogP contribution is 2.49. The number of rotatable bonds is 13. The fourth-order valence-electron chi connectivity index (χ4n) is 11.8. The van der Waals surface area contributed by atoms with E-state index in [0.29, 0.717) is 75.6 Å². The van der Waals surface area contributed by atoms with Crippen molar-refractivity contribution in [2.45, 2.75) is 109 Å². The smallest absolute Gasteiger partial charge is 0.407 e. The van der Waals surface area contributed by atoms with Gasteiger partial charge in [0.1, 0.15) is 29.4 Å². The molecule has 1 unspecified atom stereocenters. The number of aromatic nitrogens is 4. The molecule has 16 nitrogen and oxygen atoms in total. The summed E-state index contributed by atoms with van der Waals surface area (Å²) in [5, 5.41) is 5.43. The van der Waals surface area contributed by atoms with Crippen LogP contribution in [-0.2, 0) is 19.1 Å². The Kier molecular flexibility index (Phi) is 14.5. The molecule has 18 heteroatoms. The summed E-state index contributed by atoms with van der Waals surface area (Å²) in [7, 11) is 2.55. The van der Waals surface area contributed by atoms with Crippen LogP contribution >= 0.6 is 0 Å². The molecule has 75 heavy (non-hydrogen) atoms. The van der Waals surface area contributed by atoms with Crippen LogP contribution in [0.15, 0.2) is 84.9 Å². The predicted octanol–water partition coefficient (Wildman–Crippen LogP) is 10.2. The first-order valence-electron chi connectivity index (χ1n) is 26.3. The van der Waals surface area contributed by atoms with Crippen LogP contribution in [0.4, 0.5) is 29.7 Å². The van der Waals surface area contributed by atoms with Gasteiger partial charge < -0.3 is 49.7 Å². The number of likely N-dealkylation sites (tertiary alicyclic amines) is 2. The van der Waals surface area contributed by atoms with Crippen molar-refractivity contribution in [3.05, 3.63) is 125 Å². The maximum Gasteiger partial charge on any atom is 0.407 e. The summed E-state index contributed by atoms with van der Waals surface area (Å²) in [4.78, 5) is 76.9. The maximum absolute atomic E-state index is 16.8. The van der Waals surface area contributed by atoms with E-state index >= 15 is 8.78 Å². The number of methoxy groups -OCH3 is 2. The van der Waals surface area contributed by atoms with Crippen molar-refractivity contribution in [3.8, 4) is 0 Å². The summed E-state index contributed by atoms with van der Waals surface area (Å²) in [6.45, 7) is 9.40. The lowest BCUT2D eigenvalue weighted by atomic mass is 9.99. The number of amides is 4. The zero-order valence-electron chi connectivity index (χ0n) is 43.4. The second kappa shape index (κ2) is 21.4. The van der Waals surface area contributed by atoms with Crippen LogP contribution in [-0.4, -0.2) is 106 Å². The number of nitrogens with zero attached hydrogens (tertiary/aromatic N) is 6. The molecule has 3 saturated heterocycles. The van der Waals surface area contributed by atoms with E-state index in [0.717, 1.165) is 57.2 Å². The largest absolute Gasteiger partial charge is 0.453 e. The van der Waals surface area contributed by atoms with Gasteiger partial charge in [-0.3, -0.25) is 9.59 Å². The number of fused-ring (bicyclic) bond motifs is 2. The van der Waals surface area contributed by atoms with Crippen molar-refractivity contribution in [2.75, 3.05) is 50.2 Å². The number of imidazole rings is 2. The molecule has 0 radical (unpaired) electrons. The second-order valence-corrected chi connectivity index (χ2v) is 21.0. The van der Waals surface area contributed by atoms with Crippen LogP contribution in [0.5, 0.6) is 0 Å². The van der Waals surface area contributed by atoms with Crippen LogP contribution in [0.1, 0.15) is 125 Å². The van der Waals surface area contributed by atoms with Crippen molar-refractivity contribution < 1.29 is 37.4 Å². The molecule has 4 aromatic carbocycles. The first kappa shape index (κ1) is 51.0. The van der Waals surface area contributed by atoms with Crippen molar-refractivity contribution in [2.24, 2.45) is 11.8 Å². The van der Waals surface area contributed by atoms with E-state index in [-0.39, 0.29) is 53.5 Å². The number of carbonyl (C=O) groups is 4. The molecule has 4 aliphatic rings. The molecule has 0 spiro atoms. The lowest BCUT2D eigenvalue weighted by Crippen LogP contribution is -2.51. The SMILES string of the molecule is COC(=O)NC(C(=O)N1CCC[C@H]1c1nc2ccc([C@H]3CC[C@H](c4ccc5nc([C@@H]6CCCN6C(=O)[C@@H](NC(=O)OC)C(C)C)[nH]c5c4)N3c3cc(F)c(N4CC=C(c5ccccc5)CC4)c(F)c3)cc2[nH]1)C(C)C. The molecule has 6 heterocycles. The quantitative estimate of drug-likeness (QED) is 0.0869. The zero-order chi connectivity index (χ0) is 52.7. The monoisotopic (exact) mass is 1020 g/mol. The van der Waals surface area contributed by atoms with E-state index in [1.165, 1.54) is 26.4 Å². The maximum atomic E-state index is 16.8. The molecule has 4 aliphatic heterocycles. The van der Waals surface area contributed by atoms with Gasteiger partial charge in [0.15, 0.2) is 11.6 Å². The Bertz CT molecular complexity index is 2970. The zero-order valence-corrected chi connectivity index (χ0v) is 43.4. The third-order valence-electron chi connectivity index (χ3n) is 15.7. The van der Waals surface area contributed by atoms with Gasteiger partial charge in [-0.2, -0.15) is 0 Å². The van der Waals surface area contributed by atoms with E-state index in [4.69, 9.17) is 19.4 Å². The third kappa shape index (κ3) is 10.1. The highest BCUT2D eigenvalue weighted by Gasteiger charge is 2.41. The summed E-state index contributed by atoms with van der Waals surface area (Å²) in [5.74, 6) is -0.732. The highest BCUT2D eigenvalue weighted by atomic mass is 19.1. The highest BCUT2D eigenvalue weighted by molar-refractivity contribution is 5.88. The molecule has 0 aliphatic carbocycles. The van der Waals surface area contributed by atoms with Crippen LogP contribution in [0.3, 0.4) is 0 Å². The summed E-state index contributed by atoms with van der Waals surface area (Å²) in [6.07, 6.45) is 5.63. The predicted molar refractivity (Wildman–Crippen MR) is 283 cm³/mol. The van der Waals surface area contributed by atoms with Gasteiger partial charge in [-0.1, -0.05) is 76.2 Å². The molecule has 6 atom stereocenters. The van der Waals surface area contributed by atoms with Crippen LogP contribution in [0.25, 0.3) is 27.6 Å². The van der Waals surface area contributed by atoms with Gasteiger partial charge in [-0.15, -0.1) is 0 Å². The van der Waals surface area contributed by atoms with E-state index in [1.54, 1.807) is 14.7 Å². The molecule has 3 fully saturated rings. The molecular formula is C57H66F2N10O6. The average Bonchev–Trinajstić information content (AvgIpc) is 4.28. The van der Waals surface area contributed by atoms with Gasteiger partial charge in [0.2, 0.25) is 11.8 Å². The fraction of sp³-hybridized carbons (Fsp3) is 0.439. The van der Waals surface area contributed by atoms with Gasteiger partial charge in [-0.05, 0) is 115 Å². The number of ether oxygens (including phenoxy) is 2. The van der Waals surface area contributed by atoms with E-state index in [2.05, 4.69) is 49.8 Å². The van der Waals surface area contributed by atoms with Gasteiger partial charge in [0.25, 0.3) is 0 Å². The van der Waals surface area contributed by atoms with Gasteiger partial charge in [0, 0.05) is 31.9 Å². The van der Waals surface area contributed by atoms with E-state index in [9.17, 15) is 19.2 Å². The Morgan fingerprint density at radius 3 is 1.57 bits per heavy atom. The number of alkyl carbamates (subject to hydrolysis) is 2. The van der Waals surface area contributed by atoms with Crippen molar-refractivity contribution >= 4 is 63.0 Å². The first-order valence-corrected chi connectivity index (χ1v) is 26.3. The number of aromatic amines is 2. The lowest BCUT2D eigenvalue weighted by Gasteiger charge is -2.35. The Morgan fingerprint density at radius 1 is 0.640 bits per heavy atom. The van der Waals surface area contributed by atoms with Crippen molar-refractivity contribution in [3.63, 3.8) is 0 Å². The summed E-state index contributed by atoms with van der Waals surface area (Å²) in [5.41, 5.74) is 7.46. The molecule has 4 N–H and O–H groups in total. The minimum atomic E-state index is -0.770. The molecular weight excluding hydrogens is 959 g/mol. The number of hydrogen-bond donors (Lipinski definition) is 4. The topological polar surface area (TPSA) is 181 Å². The van der Waals surface area contributed by atoms with Crippen LogP contribution in [0, 0.1) is 23.5 Å². The standard InChI is InChI=1S/C57H66F2N10O6/c1-32(2)49(64-56(72)74-5)54(70)67-24-10-14-47(67)52-60-41-18-16-36(28-43(41)62-52)45-20-21-46(69(45)38-30-39(58)51(40(59)31-38)66-26-22-35(23-27-66)34-12-8-7-9-13-34)37-17-19-42-44(29-37)63-53(61-42)48-15-11-25-68(48)55(71)50(33(3)4)65-57(73)75-6/h7-9,12-13,16-19,22,28-33,45-50H,10-11,14-15,20-21,23-27H2,1-6H3,(H,60,62)(H,61,63)(H,64,72)(H,65,73)/t45-,46-,47+,48+,49+,50?/m1/s1. The first-order chi connectivity index (χ1) is 36.2. The van der Waals surface area contributed by atoms with Gasteiger partial charge in [0.05, 0.1) is 60.5 Å². The van der Waals surface area contributed by atoms with Crippen molar-refractivity contribution in [1.82, 2.24) is 40.4 Å². The fourth-order valence-corrected chi connectivity index (χ4v) is 11.8. The van der Waals surface area contributed by atoms with E-state index < -0.39 is 35.9 Å². The van der Waals surface area contributed by atoms with Gasteiger partial charge >= 0.3 is 12.2 Å². The average molecular weight is 1030 g/mol. The Balaban J connectivity index is 0.973. The number of carbonyl (C=O) groups excluding carboxylic acids is 4. The minimum Gasteiger partial charge on any atom is -0.453 e. The summed E-state index contributed by atoms with van der Waals surface area (Å²) >= 11 is 0. The normalized spacial score (nSPS) is 20.8. The summed E-state index contributed by atoms with van der Waals surface area (Å²) in [6, 6.07) is 22.2. The van der Waals surface area contributed by atoms with Crippen LogP contribution in [0.2, 0.25) is 0 Å². The van der Waals surface area contributed by atoms with Crippen LogP contribution < -0.4 is 20.4 Å². The minimum absolute atomic E-state index is 0.0484. The second-order valence-electron chi connectivity index (χ2n) is 21.0. The Morgan fingerprint density at radius 2 is 1.13 bits per heavy atom. The van der Waals surface area contributed by atoms with E-state index in [1.807, 2.05) is 76.2 Å². The molecule has 10 rings (SSSR count). The Hall–Kier alpha value is -7.50. The van der Waals surface area contributed by atoms with Crippen molar-refractivity contribution in [1.29, 1.82) is 0 Å². The molecule has 4 amide bonds. The Labute approximate surface area is 435 Å². The number of hydrogen-bond acceptors (Lipinski definition) is 10. The van der Waals surface area contributed by atoms with Gasteiger partial charge in [-0.25, -0.2) is 28.3 Å². The summed E-state index contributed by atoms with van der Waals surface area (Å²) < 4.78 is 43.3. The molecule has 2 aromatic heterocycles. The number of benzene rings is 4. The number of anilines is 2. The molecule has 0 bridgehead atoms. The molecule has 6 aromatic rings.